The van der Waals surface area contributed by atoms with Gasteiger partial charge in [0.1, 0.15) is 0 Å². The van der Waals surface area contributed by atoms with Crippen LogP contribution in [0.5, 0.6) is 0 Å². The third kappa shape index (κ3) is 2.75. The second kappa shape index (κ2) is 5.65. The molecule has 16 heavy (non-hydrogen) atoms. The summed E-state index contributed by atoms with van der Waals surface area (Å²) in [6.45, 7) is 1.92. The van der Waals surface area contributed by atoms with E-state index in [1.165, 1.54) is 32.1 Å². The normalized spacial score (nSPS) is 35.2. The zero-order chi connectivity index (χ0) is 11.4. The number of nitriles is 1. The van der Waals surface area contributed by atoms with Crippen LogP contribution in [0.4, 0.5) is 0 Å². The van der Waals surface area contributed by atoms with Gasteiger partial charge in [-0.1, -0.05) is 6.42 Å². The molecule has 0 aromatic carbocycles. The summed E-state index contributed by atoms with van der Waals surface area (Å²) in [6, 6.07) is 2.92. The van der Waals surface area contributed by atoms with Crippen molar-refractivity contribution in [3.63, 3.8) is 0 Å². The van der Waals surface area contributed by atoms with Gasteiger partial charge in [-0.2, -0.15) is 5.26 Å². The van der Waals surface area contributed by atoms with Gasteiger partial charge in [0.15, 0.2) is 0 Å². The highest BCUT2D eigenvalue weighted by Gasteiger charge is 2.31. The van der Waals surface area contributed by atoms with Crippen molar-refractivity contribution < 1.29 is 4.74 Å². The first kappa shape index (κ1) is 11.9. The Bertz CT molecular complexity index is 255. The molecule has 3 unspecified atom stereocenters. The van der Waals surface area contributed by atoms with Crippen molar-refractivity contribution in [1.82, 2.24) is 4.90 Å². The van der Waals surface area contributed by atoms with Crippen LogP contribution in [-0.2, 0) is 4.74 Å². The van der Waals surface area contributed by atoms with E-state index in [9.17, 15) is 0 Å². The van der Waals surface area contributed by atoms with Crippen molar-refractivity contribution >= 4 is 0 Å². The molecule has 90 valence electrons. The molecule has 1 saturated heterocycles. The minimum atomic E-state index is 0.244. The highest BCUT2D eigenvalue weighted by atomic mass is 16.5. The molecule has 2 rings (SSSR count). The van der Waals surface area contributed by atoms with Crippen LogP contribution in [0.25, 0.3) is 0 Å². The highest BCUT2D eigenvalue weighted by Crippen LogP contribution is 2.29. The second-order valence-corrected chi connectivity index (χ2v) is 5.16. The molecule has 2 aliphatic rings. The lowest BCUT2D eigenvalue weighted by Crippen LogP contribution is -2.41. The summed E-state index contributed by atoms with van der Waals surface area (Å²) < 4.78 is 5.75. The topological polar surface area (TPSA) is 36.3 Å². The van der Waals surface area contributed by atoms with Crippen molar-refractivity contribution in [3.05, 3.63) is 0 Å². The molecule has 0 bridgehead atoms. The second-order valence-electron chi connectivity index (χ2n) is 5.16. The quantitative estimate of drug-likeness (QED) is 0.734. The third-order valence-corrected chi connectivity index (χ3v) is 3.98. The van der Waals surface area contributed by atoms with Gasteiger partial charge < -0.3 is 4.74 Å². The van der Waals surface area contributed by atoms with Crippen LogP contribution in [0.2, 0.25) is 0 Å². The molecule has 1 aliphatic heterocycles. The van der Waals surface area contributed by atoms with E-state index in [4.69, 9.17) is 10.00 Å². The Morgan fingerprint density at radius 2 is 2.12 bits per heavy atom. The minimum absolute atomic E-state index is 0.244. The first-order valence-corrected chi connectivity index (χ1v) is 6.52. The molecule has 0 N–H and O–H groups in total. The van der Waals surface area contributed by atoms with Crippen molar-refractivity contribution in [3.8, 4) is 6.07 Å². The fourth-order valence-electron chi connectivity index (χ4n) is 3.03. The molecule has 0 radical (unpaired) electrons. The maximum atomic E-state index is 9.08. The van der Waals surface area contributed by atoms with Crippen LogP contribution in [0, 0.1) is 17.2 Å². The van der Waals surface area contributed by atoms with Gasteiger partial charge in [-0.05, 0) is 39.2 Å². The largest absolute Gasteiger partial charge is 0.377 e. The van der Waals surface area contributed by atoms with E-state index >= 15 is 0 Å². The molecule has 0 amide bonds. The standard InChI is InChI=1S/C13H22N2O/c1-15(10-12-6-2-3-8-16-12)13-7-4-5-11(13)9-14/h11-13H,2-8,10H2,1H3. The fraction of sp³-hybridized carbons (Fsp3) is 0.923. The van der Waals surface area contributed by atoms with Gasteiger partial charge in [-0.25, -0.2) is 0 Å². The Morgan fingerprint density at radius 3 is 2.81 bits per heavy atom. The monoisotopic (exact) mass is 222 g/mol. The molecule has 3 nitrogen and oxygen atoms in total. The Hall–Kier alpha value is -0.590. The van der Waals surface area contributed by atoms with Gasteiger partial charge >= 0.3 is 0 Å². The van der Waals surface area contributed by atoms with E-state index in [-0.39, 0.29) is 5.92 Å². The molecule has 0 spiro atoms. The van der Waals surface area contributed by atoms with Crippen LogP contribution in [0.3, 0.4) is 0 Å². The summed E-state index contributed by atoms with van der Waals surface area (Å²) >= 11 is 0. The number of nitrogens with zero attached hydrogens (tertiary/aromatic N) is 2. The maximum absolute atomic E-state index is 9.08. The van der Waals surface area contributed by atoms with Gasteiger partial charge in [0.25, 0.3) is 0 Å². The smallest absolute Gasteiger partial charge is 0.0702 e. The SMILES string of the molecule is CN(CC1CCCCO1)C1CCCC1C#N. The molecular formula is C13H22N2O. The number of hydrogen-bond donors (Lipinski definition) is 0. The molecular weight excluding hydrogens is 200 g/mol. The predicted octanol–water partition coefficient (Wildman–Crippen LogP) is 2.18. The van der Waals surface area contributed by atoms with Crippen LogP contribution in [0.15, 0.2) is 0 Å². The van der Waals surface area contributed by atoms with Crippen molar-refractivity contribution in [2.24, 2.45) is 5.92 Å². The lowest BCUT2D eigenvalue weighted by molar-refractivity contribution is -0.00946. The zero-order valence-electron chi connectivity index (χ0n) is 10.2. The Balaban J connectivity index is 1.82. The average molecular weight is 222 g/mol. The number of likely N-dealkylation sites (N-methyl/N-ethyl adjacent to an activating group) is 1. The first-order valence-electron chi connectivity index (χ1n) is 6.52. The summed E-state index contributed by atoms with van der Waals surface area (Å²) in [5.41, 5.74) is 0. The third-order valence-electron chi connectivity index (χ3n) is 3.98. The zero-order valence-corrected chi connectivity index (χ0v) is 10.2. The fourth-order valence-corrected chi connectivity index (χ4v) is 3.03. The molecule has 1 aliphatic carbocycles. The first-order chi connectivity index (χ1) is 7.81. The van der Waals surface area contributed by atoms with Crippen LogP contribution < -0.4 is 0 Å². The van der Waals surface area contributed by atoms with E-state index in [2.05, 4.69) is 18.0 Å². The Morgan fingerprint density at radius 1 is 1.25 bits per heavy atom. The summed E-state index contributed by atoms with van der Waals surface area (Å²) in [5, 5.41) is 9.08. The summed E-state index contributed by atoms with van der Waals surface area (Å²) in [4.78, 5) is 2.36. The molecule has 3 heteroatoms. The molecule has 0 aromatic heterocycles. The summed E-state index contributed by atoms with van der Waals surface area (Å²) in [5.74, 6) is 0.244. The predicted molar refractivity (Wildman–Crippen MR) is 63.0 cm³/mol. The van der Waals surface area contributed by atoms with Crippen LogP contribution >= 0.6 is 0 Å². The van der Waals surface area contributed by atoms with E-state index < -0.39 is 0 Å². The Kier molecular flexibility index (Phi) is 4.20. The van der Waals surface area contributed by atoms with Crippen molar-refractivity contribution in [1.29, 1.82) is 5.26 Å². The summed E-state index contributed by atoms with van der Waals surface area (Å²) in [7, 11) is 2.15. The average Bonchev–Trinajstić information content (AvgIpc) is 2.78. The number of rotatable bonds is 3. The minimum Gasteiger partial charge on any atom is -0.377 e. The van der Waals surface area contributed by atoms with Gasteiger partial charge in [-0.3, -0.25) is 4.90 Å². The van der Waals surface area contributed by atoms with E-state index in [0.717, 1.165) is 19.6 Å². The molecule has 1 heterocycles. The molecule has 0 aromatic rings. The van der Waals surface area contributed by atoms with Gasteiger partial charge in [0, 0.05) is 19.2 Å². The van der Waals surface area contributed by atoms with Crippen LogP contribution in [0.1, 0.15) is 38.5 Å². The molecule has 3 atom stereocenters. The van der Waals surface area contributed by atoms with E-state index in [1.807, 2.05) is 0 Å². The van der Waals surface area contributed by atoms with Crippen molar-refractivity contribution in [2.75, 3.05) is 20.2 Å². The van der Waals surface area contributed by atoms with E-state index in [1.54, 1.807) is 0 Å². The van der Waals surface area contributed by atoms with Gasteiger partial charge in [-0.15, -0.1) is 0 Å². The Labute approximate surface area is 98.4 Å². The maximum Gasteiger partial charge on any atom is 0.0702 e. The van der Waals surface area contributed by atoms with Crippen molar-refractivity contribution in [2.45, 2.75) is 50.7 Å². The molecule has 2 fully saturated rings. The highest BCUT2D eigenvalue weighted by molar-refractivity contribution is 4.97. The van der Waals surface area contributed by atoms with Crippen LogP contribution in [-0.4, -0.2) is 37.2 Å². The van der Waals surface area contributed by atoms with Gasteiger partial charge in [0.05, 0.1) is 18.1 Å². The van der Waals surface area contributed by atoms with Gasteiger partial charge in [0.2, 0.25) is 0 Å². The number of hydrogen-bond acceptors (Lipinski definition) is 3. The summed E-state index contributed by atoms with van der Waals surface area (Å²) in [6.07, 6.45) is 7.57. The lowest BCUT2D eigenvalue weighted by atomic mass is 10.0. The number of ether oxygens (including phenoxy) is 1. The lowest BCUT2D eigenvalue weighted by Gasteiger charge is -2.32. The van der Waals surface area contributed by atoms with E-state index in [0.29, 0.717) is 12.1 Å². The molecule has 1 saturated carbocycles.